The van der Waals surface area contributed by atoms with Crippen LogP contribution in [0.4, 0.5) is 0 Å². The molecule has 1 aliphatic rings. The van der Waals surface area contributed by atoms with Crippen LogP contribution in [-0.4, -0.2) is 37.5 Å². The van der Waals surface area contributed by atoms with Gasteiger partial charge < -0.3 is 18.9 Å². The van der Waals surface area contributed by atoms with E-state index in [0.717, 1.165) is 5.56 Å². The summed E-state index contributed by atoms with van der Waals surface area (Å²) in [6, 6.07) is 12.1. The second-order valence-electron chi connectivity index (χ2n) is 8.32. The van der Waals surface area contributed by atoms with Crippen LogP contribution < -0.4 is 29.1 Å². The quantitative estimate of drug-likeness (QED) is 0.291. The third kappa shape index (κ3) is 5.43. The van der Waals surface area contributed by atoms with Gasteiger partial charge in [-0.25, -0.2) is 9.79 Å². The molecule has 198 valence electrons. The van der Waals surface area contributed by atoms with E-state index in [1.54, 1.807) is 49.8 Å². The van der Waals surface area contributed by atoms with E-state index in [-0.39, 0.29) is 12.2 Å². The number of allylic oxidation sites excluding steroid dienone is 1. The molecule has 1 atom stereocenters. The number of rotatable bonds is 10. The molecule has 0 N–H and O–H groups in total. The summed E-state index contributed by atoms with van der Waals surface area (Å²) in [5.41, 5.74) is 2.02. The van der Waals surface area contributed by atoms with Crippen molar-refractivity contribution in [3.05, 3.63) is 97.2 Å². The maximum atomic E-state index is 13.8. The molecule has 0 saturated heterocycles. The molecule has 0 saturated carbocycles. The van der Waals surface area contributed by atoms with Crippen LogP contribution in [0.5, 0.6) is 17.2 Å². The van der Waals surface area contributed by atoms with Crippen molar-refractivity contribution in [2.45, 2.75) is 26.8 Å². The number of hydrogen-bond acceptors (Lipinski definition) is 8. The van der Waals surface area contributed by atoms with Crippen molar-refractivity contribution >= 4 is 23.4 Å². The molecule has 1 aliphatic heterocycles. The number of thiazole rings is 1. The van der Waals surface area contributed by atoms with Gasteiger partial charge in [-0.15, -0.1) is 0 Å². The average molecular weight is 535 g/mol. The van der Waals surface area contributed by atoms with Gasteiger partial charge in [0.1, 0.15) is 12.4 Å². The maximum Gasteiger partial charge on any atom is 0.338 e. The SMILES string of the molecule is C=CCOc1ccc([C@H]2C(C(=O)OCC)=C(C)N=c3s/c(=C/c4cccc(OC)c4)c(=O)n32)cc1OCC. The van der Waals surface area contributed by atoms with E-state index in [1.807, 2.05) is 37.3 Å². The summed E-state index contributed by atoms with van der Waals surface area (Å²) >= 11 is 1.26. The van der Waals surface area contributed by atoms with E-state index in [0.29, 0.717) is 56.6 Å². The zero-order valence-electron chi connectivity index (χ0n) is 21.9. The van der Waals surface area contributed by atoms with Crippen LogP contribution in [0.1, 0.15) is 37.9 Å². The average Bonchev–Trinajstić information content (AvgIpc) is 3.21. The van der Waals surface area contributed by atoms with Crippen molar-refractivity contribution in [2.24, 2.45) is 4.99 Å². The number of carbonyl (C=O) groups is 1. The Morgan fingerprint density at radius 2 is 1.95 bits per heavy atom. The Morgan fingerprint density at radius 3 is 2.66 bits per heavy atom. The molecule has 0 radical (unpaired) electrons. The summed E-state index contributed by atoms with van der Waals surface area (Å²) in [6.45, 7) is 9.98. The van der Waals surface area contributed by atoms with Gasteiger partial charge in [0.05, 0.1) is 42.2 Å². The third-order valence-corrected chi connectivity index (χ3v) is 6.83. The number of fused-ring (bicyclic) bond motifs is 1. The fraction of sp³-hybridized carbons (Fsp3) is 0.276. The Bertz CT molecular complexity index is 1570. The van der Waals surface area contributed by atoms with Crippen LogP contribution in [0.3, 0.4) is 0 Å². The van der Waals surface area contributed by atoms with Gasteiger partial charge in [0.2, 0.25) is 0 Å². The molecule has 38 heavy (non-hydrogen) atoms. The molecule has 0 bridgehead atoms. The fourth-order valence-electron chi connectivity index (χ4n) is 4.22. The summed E-state index contributed by atoms with van der Waals surface area (Å²) in [7, 11) is 1.59. The molecule has 2 heterocycles. The summed E-state index contributed by atoms with van der Waals surface area (Å²) in [4.78, 5) is 32.1. The van der Waals surface area contributed by atoms with Crippen molar-refractivity contribution in [1.29, 1.82) is 0 Å². The van der Waals surface area contributed by atoms with Gasteiger partial charge >= 0.3 is 5.97 Å². The monoisotopic (exact) mass is 534 g/mol. The lowest BCUT2D eigenvalue weighted by atomic mass is 9.95. The molecular weight excluding hydrogens is 504 g/mol. The molecule has 9 heteroatoms. The first-order valence-electron chi connectivity index (χ1n) is 12.3. The predicted molar refractivity (Wildman–Crippen MR) is 147 cm³/mol. The minimum Gasteiger partial charge on any atom is -0.497 e. The molecule has 0 unspecified atom stereocenters. The predicted octanol–water partition coefficient (Wildman–Crippen LogP) is 3.77. The van der Waals surface area contributed by atoms with Gasteiger partial charge in [0.15, 0.2) is 16.3 Å². The van der Waals surface area contributed by atoms with Crippen molar-refractivity contribution < 1.29 is 23.7 Å². The van der Waals surface area contributed by atoms with E-state index in [4.69, 9.17) is 18.9 Å². The minimum atomic E-state index is -0.759. The number of nitrogens with zero attached hydrogens (tertiary/aromatic N) is 2. The number of carbonyl (C=O) groups excluding carboxylic acids is 1. The van der Waals surface area contributed by atoms with E-state index < -0.39 is 12.0 Å². The topological polar surface area (TPSA) is 88.4 Å². The van der Waals surface area contributed by atoms with Crippen LogP contribution in [0.25, 0.3) is 6.08 Å². The van der Waals surface area contributed by atoms with Crippen molar-refractivity contribution in [1.82, 2.24) is 4.57 Å². The molecule has 0 amide bonds. The number of ether oxygens (including phenoxy) is 4. The molecule has 0 spiro atoms. The summed E-state index contributed by atoms with van der Waals surface area (Å²) < 4.78 is 24.3. The summed E-state index contributed by atoms with van der Waals surface area (Å²) in [6.07, 6.45) is 3.44. The van der Waals surface area contributed by atoms with Gasteiger partial charge in [0.25, 0.3) is 5.56 Å². The first-order valence-corrected chi connectivity index (χ1v) is 13.1. The van der Waals surface area contributed by atoms with E-state index in [2.05, 4.69) is 11.6 Å². The van der Waals surface area contributed by atoms with Crippen LogP contribution in [0, 0.1) is 0 Å². The molecular formula is C29H30N2O6S. The van der Waals surface area contributed by atoms with Gasteiger partial charge in [-0.05, 0) is 62.2 Å². The highest BCUT2D eigenvalue weighted by atomic mass is 32.1. The molecule has 8 nitrogen and oxygen atoms in total. The minimum absolute atomic E-state index is 0.196. The molecule has 0 aliphatic carbocycles. The van der Waals surface area contributed by atoms with Crippen LogP contribution >= 0.6 is 11.3 Å². The smallest absolute Gasteiger partial charge is 0.338 e. The highest BCUT2D eigenvalue weighted by Crippen LogP contribution is 2.36. The van der Waals surface area contributed by atoms with Gasteiger partial charge in [-0.3, -0.25) is 9.36 Å². The number of aromatic nitrogens is 1. The molecule has 3 aromatic rings. The van der Waals surface area contributed by atoms with Crippen molar-refractivity contribution in [3.8, 4) is 17.2 Å². The zero-order valence-corrected chi connectivity index (χ0v) is 22.7. The van der Waals surface area contributed by atoms with Crippen LogP contribution in [-0.2, 0) is 9.53 Å². The lowest BCUT2D eigenvalue weighted by Crippen LogP contribution is -2.40. The molecule has 1 aromatic heterocycles. The van der Waals surface area contributed by atoms with Crippen LogP contribution in [0.2, 0.25) is 0 Å². The maximum absolute atomic E-state index is 13.8. The van der Waals surface area contributed by atoms with E-state index in [9.17, 15) is 9.59 Å². The second-order valence-corrected chi connectivity index (χ2v) is 9.33. The fourth-order valence-corrected chi connectivity index (χ4v) is 5.27. The lowest BCUT2D eigenvalue weighted by Gasteiger charge is -2.25. The van der Waals surface area contributed by atoms with Crippen molar-refractivity contribution in [2.75, 3.05) is 26.9 Å². The molecule has 4 rings (SSSR count). The lowest BCUT2D eigenvalue weighted by molar-refractivity contribution is -0.139. The Balaban J connectivity index is 1.93. The Labute approximate surface area is 224 Å². The highest BCUT2D eigenvalue weighted by molar-refractivity contribution is 7.07. The van der Waals surface area contributed by atoms with Gasteiger partial charge in [-0.1, -0.05) is 42.2 Å². The highest BCUT2D eigenvalue weighted by Gasteiger charge is 2.34. The van der Waals surface area contributed by atoms with Crippen LogP contribution in [0.15, 0.2) is 76.2 Å². The Hall–Kier alpha value is -4.11. The zero-order chi connectivity index (χ0) is 27.2. The Morgan fingerprint density at radius 1 is 1.13 bits per heavy atom. The number of methoxy groups -OCH3 is 1. The Kier molecular flexibility index (Phi) is 8.48. The summed E-state index contributed by atoms with van der Waals surface area (Å²) in [5, 5.41) is 0. The third-order valence-electron chi connectivity index (χ3n) is 5.85. The van der Waals surface area contributed by atoms with E-state index >= 15 is 0 Å². The number of benzene rings is 2. The second kappa shape index (κ2) is 12.0. The first kappa shape index (κ1) is 26.9. The van der Waals surface area contributed by atoms with E-state index in [1.165, 1.54) is 11.3 Å². The molecule has 2 aromatic carbocycles. The standard InChI is InChI=1S/C29H30N2O6S/c1-6-14-37-22-13-12-20(17-23(22)35-7-2)26-25(28(33)36-8-3)18(4)30-29-31(26)27(32)24(38-29)16-19-10-9-11-21(15-19)34-5/h6,9-13,15-17,26H,1,7-8,14H2,2-5H3/b24-16+/t26-/m0/s1. The molecule has 0 fully saturated rings. The normalized spacial score (nSPS) is 14.9. The van der Waals surface area contributed by atoms with Crippen molar-refractivity contribution in [3.63, 3.8) is 0 Å². The number of hydrogen-bond donors (Lipinski definition) is 0. The largest absolute Gasteiger partial charge is 0.497 e. The number of esters is 1. The van der Waals surface area contributed by atoms with Gasteiger partial charge in [-0.2, -0.15) is 0 Å². The van der Waals surface area contributed by atoms with Gasteiger partial charge in [0, 0.05) is 0 Å². The summed E-state index contributed by atoms with van der Waals surface area (Å²) in [5.74, 6) is 1.21. The first-order chi connectivity index (χ1) is 18.4.